The van der Waals surface area contributed by atoms with Crippen LogP contribution in [0.25, 0.3) is 10.9 Å². The molecule has 1 aromatic carbocycles. The highest BCUT2D eigenvalue weighted by Crippen LogP contribution is 2.60. The number of hydrogen-bond donors (Lipinski definition) is 1. The van der Waals surface area contributed by atoms with Gasteiger partial charge in [-0.3, -0.25) is 4.79 Å². The van der Waals surface area contributed by atoms with Crippen molar-refractivity contribution < 1.29 is 9.18 Å². The fraction of sp³-hybridized carbons (Fsp3) is 0.524. The Labute approximate surface area is 167 Å². The highest BCUT2D eigenvalue weighted by Gasteiger charge is 2.60. The number of amides is 1. The summed E-state index contributed by atoms with van der Waals surface area (Å²) in [7, 11) is 1.86. The molecule has 7 rings (SSSR count). The van der Waals surface area contributed by atoms with Gasteiger partial charge >= 0.3 is 0 Å². The van der Waals surface area contributed by atoms with Crippen molar-refractivity contribution in [1.82, 2.24) is 30.1 Å². The van der Waals surface area contributed by atoms with Gasteiger partial charge in [0.1, 0.15) is 11.5 Å². The molecule has 8 heteroatoms. The standard InChI is InChI=1S/C21H23FN6O/c1-27-17-3-2-16(22)5-15(17)6-18(27)19(29)25-20-7-13-4-14(8-20)10-21(9-13,11-20)28-24-12-23-26-28/h2-3,5-6,12-14H,4,7-11H2,1H3,(H,25,29). The first kappa shape index (κ1) is 17.1. The summed E-state index contributed by atoms with van der Waals surface area (Å²) in [6, 6.07) is 6.40. The van der Waals surface area contributed by atoms with Crippen LogP contribution in [-0.4, -0.2) is 36.2 Å². The highest BCUT2D eigenvalue weighted by molar-refractivity contribution is 5.99. The zero-order chi connectivity index (χ0) is 19.8. The number of rotatable bonds is 3. The second-order valence-corrected chi connectivity index (χ2v) is 9.44. The largest absolute Gasteiger partial charge is 0.345 e. The van der Waals surface area contributed by atoms with Crippen molar-refractivity contribution in [2.75, 3.05) is 0 Å². The van der Waals surface area contributed by atoms with Crippen LogP contribution in [0.15, 0.2) is 30.6 Å². The third-order valence-electron chi connectivity index (χ3n) is 7.42. The minimum absolute atomic E-state index is 0.0900. The normalized spacial score (nSPS) is 32.8. The lowest BCUT2D eigenvalue weighted by atomic mass is 9.50. The predicted octanol–water partition coefficient (Wildman–Crippen LogP) is 2.78. The summed E-state index contributed by atoms with van der Waals surface area (Å²) in [5, 5.41) is 16.7. The molecule has 150 valence electrons. The molecule has 7 nitrogen and oxygen atoms in total. The predicted molar refractivity (Wildman–Crippen MR) is 104 cm³/mol. The maximum absolute atomic E-state index is 13.6. The van der Waals surface area contributed by atoms with Crippen LogP contribution in [0.4, 0.5) is 4.39 Å². The van der Waals surface area contributed by atoms with Gasteiger partial charge in [0.15, 0.2) is 6.33 Å². The van der Waals surface area contributed by atoms with E-state index in [0.717, 1.165) is 43.0 Å². The first-order valence-electron chi connectivity index (χ1n) is 10.3. The second kappa shape index (κ2) is 5.64. The molecule has 2 atom stereocenters. The van der Waals surface area contributed by atoms with Gasteiger partial charge in [0, 0.05) is 23.5 Å². The highest BCUT2D eigenvalue weighted by atomic mass is 19.1. The first-order chi connectivity index (χ1) is 14.0. The van der Waals surface area contributed by atoms with E-state index >= 15 is 0 Å². The van der Waals surface area contributed by atoms with Gasteiger partial charge in [-0.05, 0) is 79.8 Å². The van der Waals surface area contributed by atoms with Gasteiger partial charge < -0.3 is 9.88 Å². The van der Waals surface area contributed by atoms with Gasteiger partial charge in [-0.2, -0.15) is 4.80 Å². The molecule has 2 heterocycles. The molecule has 0 aliphatic heterocycles. The monoisotopic (exact) mass is 394 g/mol. The quantitative estimate of drug-likeness (QED) is 0.741. The van der Waals surface area contributed by atoms with Crippen LogP contribution in [0, 0.1) is 17.7 Å². The Hall–Kier alpha value is -2.77. The van der Waals surface area contributed by atoms with E-state index in [4.69, 9.17) is 0 Å². The van der Waals surface area contributed by atoms with Gasteiger partial charge in [0.2, 0.25) is 0 Å². The number of aryl methyl sites for hydroxylation is 1. The van der Waals surface area contributed by atoms with E-state index in [-0.39, 0.29) is 22.8 Å². The lowest BCUT2D eigenvalue weighted by Gasteiger charge is -2.61. The Morgan fingerprint density at radius 2 is 2.00 bits per heavy atom. The van der Waals surface area contributed by atoms with Crippen molar-refractivity contribution in [1.29, 1.82) is 0 Å². The molecule has 0 saturated heterocycles. The topological polar surface area (TPSA) is 77.6 Å². The minimum atomic E-state index is -0.293. The molecule has 0 radical (unpaired) electrons. The van der Waals surface area contributed by atoms with Crippen LogP contribution in [0.1, 0.15) is 49.0 Å². The number of aromatic nitrogens is 5. The van der Waals surface area contributed by atoms with Crippen LogP contribution < -0.4 is 5.32 Å². The fourth-order valence-electron chi connectivity index (χ4n) is 6.82. The zero-order valence-corrected chi connectivity index (χ0v) is 16.3. The Kier molecular flexibility index (Phi) is 3.33. The fourth-order valence-corrected chi connectivity index (χ4v) is 6.82. The maximum atomic E-state index is 13.6. The van der Waals surface area contributed by atoms with E-state index in [1.165, 1.54) is 24.9 Å². The van der Waals surface area contributed by atoms with E-state index in [1.54, 1.807) is 16.9 Å². The molecule has 3 aromatic rings. The number of nitrogens with one attached hydrogen (secondary N) is 1. The molecule has 1 N–H and O–H groups in total. The van der Waals surface area contributed by atoms with E-state index in [0.29, 0.717) is 17.5 Å². The molecule has 29 heavy (non-hydrogen) atoms. The first-order valence-corrected chi connectivity index (χ1v) is 10.3. The summed E-state index contributed by atoms with van der Waals surface area (Å²) in [4.78, 5) is 15.1. The van der Waals surface area contributed by atoms with E-state index < -0.39 is 0 Å². The van der Waals surface area contributed by atoms with E-state index in [2.05, 4.69) is 20.7 Å². The van der Waals surface area contributed by atoms with Gasteiger partial charge in [0.25, 0.3) is 5.91 Å². The van der Waals surface area contributed by atoms with Crippen molar-refractivity contribution in [3.05, 3.63) is 42.1 Å². The average Bonchev–Trinajstić information content (AvgIpc) is 3.29. The smallest absolute Gasteiger partial charge is 0.268 e. The number of fused-ring (bicyclic) bond motifs is 1. The van der Waals surface area contributed by atoms with Crippen LogP contribution in [0.2, 0.25) is 0 Å². The molecule has 1 amide bonds. The van der Waals surface area contributed by atoms with Gasteiger partial charge in [-0.1, -0.05) is 0 Å². The molecule has 4 saturated carbocycles. The third kappa shape index (κ3) is 2.47. The Balaban J connectivity index is 1.34. The van der Waals surface area contributed by atoms with Crippen molar-refractivity contribution in [3.8, 4) is 0 Å². The van der Waals surface area contributed by atoms with Gasteiger partial charge in [-0.25, -0.2) is 4.39 Å². The molecule has 4 bridgehead atoms. The second-order valence-electron chi connectivity index (χ2n) is 9.44. The Morgan fingerprint density at radius 1 is 1.21 bits per heavy atom. The molecule has 2 unspecified atom stereocenters. The summed E-state index contributed by atoms with van der Waals surface area (Å²) in [6.07, 6.45) is 7.69. The summed E-state index contributed by atoms with van der Waals surface area (Å²) in [6.45, 7) is 0. The number of halogens is 1. The van der Waals surface area contributed by atoms with Crippen LogP contribution in [0.3, 0.4) is 0 Å². The summed E-state index contributed by atoms with van der Waals surface area (Å²) >= 11 is 0. The SMILES string of the molecule is Cn1c(C(=O)NC23CC4CC(C2)CC(n2ncnn2)(C4)C3)cc2cc(F)ccc21. The number of tetrazole rings is 1. The van der Waals surface area contributed by atoms with Crippen molar-refractivity contribution in [2.45, 2.75) is 49.6 Å². The number of hydrogen-bond acceptors (Lipinski definition) is 4. The molecule has 4 aliphatic carbocycles. The summed E-state index contributed by atoms with van der Waals surface area (Å²) in [5.41, 5.74) is 1.03. The molecule has 4 fully saturated rings. The average molecular weight is 394 g/mol. The van der Waals surface area contributed by atoms with Crippen molar-refractivity contribution >= 4 is 16.8 Å². The number of benzene rings is 1. The lowest BCUT2D eigenvalue weighted by molar-refractivity contribution is -0.0811. The molecular formula is C21H23FN6O. The zero-order valence-electron chi connectivity index (χ0n) is 16.3. The Morgan fingerprint density at radius 3 is 2.72 bits per heavy atom. The number of carbonyl (C=O) groups excluding carboxylic acids is 1. The van der Waals surface area contributed by atoms with Crippen LogP contribution >= 0.6 is 0 Å². The summed E-state index contributed by atoms with van der Waals surface area (Å²) < 4.78 is 15.5. The third-order valence-corrected chi connectivity index (χ3v) is 7.42. The van der Waals surface area contributed by atoms with E-state index in [9.17, 15) is 9.18 Å². The van der Waals surface area contributed by atoms with Crippen LogP contribution in [-0.2, 0) is 12.6 Å². The van der Waals surface area contributed by atoms with E-state index in [1.807, 2.05) is 11.6 Å². The number of nitrogens with zero attached hydrogens (tertiary/aromatic N) is 5. The summed E-state index contributed by atoms with van der Waals surface area (Å²) in [5.74, 6) is 0.763. The Bertz CT molecular complexity index is 1110. The van der Waals surface area contributed by atoms with Crippen molar-refractivity contribution in [2.24, 2.45) is 18.9 Å². The maximum Gasteiger partial charge on any atom is 0.268 e. The molecule has 4 aliphatic rings. The van der Waals surface area contributed by atoms with Gasteiger partial charge in [0.05, 0.1) is 5.54 Å². The molecule has 0 spiro atoms. The lowest BCUT2D eigenvalue weighted by Crippen LogP contribution is -2.66. The van der Waals surface area contributed by atoms with Crippen LogP contribution in [0.5, 0.6) is 0 Å². The van der Waals surface area contributed by atoms with Gasteiger partial charge in [-0.15, -0.1) is 10.2 Å². The number of carbonyl (C=O) groups is 1. The van der Waals surface area contributed by atoms with Crippen molar-refractivity contribution in [3.63, 3.8) is 0 Å². The molecular weight excluding hydrogens is 371 g/mol. The minimum Gasteiger partial charge on any atom is -0.345 e. The molecule has 2 aromatic heterocycles.